The van der Waals surface area contributed by atoms with Crippen LogP contribution in [0.25, 0.3) is 0 Å². The summed E-state index contributed by atoms with van der Waals surface area (Å²) in [6.07, 6.45) is 0. The maximum atomic E-state index is 11.8. The lowest BCUT2D eigenvalue weighted by Crippen LogP contribution is -2.46. The highest BCUT2D eigenvalue weighted by atomic mass is 32.1. The highest BCUT2D eigenvalue weighted by molar-refractivity contribution is 7.14. The van der Waals surface area contributed by atoms with Crippen molar-refractivity contribution < 1.29 is 24.2 Å². The minimum atomic E-state index is -1.13. The average molecular weight is 300 g/mol. The average Bonchev–Trinajstić information content (AvgIpc) is 2.82. The Morgan fingerprint density at radius 2 is 2.00 bits per heavy atom. The van der Waals surface area contributed by atoms with E-state index in [-0.39, 0.29) is 16.5 Å². The van der Waals surface area contributed by atoms with E-state index in [0.717, 1.165) is 11.3 Å². The number of aromatic carboxylic acids is 1. The monoisotopic (exact) mass is 300 g/mol. The zero-order valence-corrected chi connectivity index (χ0v) is 12.1. The lowest BCUT2D eigenvalue weighted by molar-refractivity contribution is -0.143. The normalized spacial score (nSPS) is 11.8. The summed E-state index contributed by atoms with van der Waals surface area (Å²) in [5.41, 5.74) is 0.00400. The number of nitrogens with one attached hydrogen (secondary N) is 2. The van der Waals surface area contributed by atoms with Crippen LogP contribution in [0.3, 0.4) is 0 Å². The second kappa shape index (κ2) is 6.90. The van der Waals surface area contributed by atoms with E-state index in [1.54, 1.807) is 19.2 Å². The Morgan fingerprint density at radius 3 is 2.50 bits per heavy atom. The Labute approximate surface area is 119 Å². The highest BCUT2D eigenvalue weighted by Crippen LogP contribution is 2.23. The number of anilines is 1. The second-order valence-electron chi connectivity index (χ2n) is 4.31. The molecule has 3 N–H and O–H groups in total. The maximum Gasteiger partial charge on any atom is 0.338 e. The first-order valence-electron chi connectivity index (χ1n) is 5.83. The Bertz CT molecular complexity index is 512. The standard InChI is InChI=1S/C12H16N2O5S/c1-6(2)8(11(17)19-3)13-12(18)14-9-7(10(15)16)4-5-20-9/h4-6,8H,1-3H3,(H,15,16)(H2,13,14,18)/t8-/m0/s1. The third-order valence-electron chi connectivity index (χ3n) is 2.53. The number of thiophene rings is 1. The summed E-state index contributed by atoms with van der Waals surface area (Å²) >= 11 is 1.09. The molecule has 1 aromatic heterocycles. The van der Waals surface area contributed by atoms with Gasteiger partial charge in [-0.25, -0.2) is 14.4 Å². The molecule has 0 aliphatic heterocycles. The number of esters is 1. The molecular formula is C12H16N2O5S. The number of ether oxygens (including phenoxy) is 1. The van der Waals surface area contributed by atoms with E-state index in [4.69, 9.17) is 5.11 Å². The molecule has 8 heteroatoms. The van der Waals surface area contributed by atoms with E-state index in [9.17, 15) is 14.4 Å². The fourth-order valence-corrected chi connectivity index (χ4v) is 2.25. The van der Waals surface area contributed by atoms with Crippen molar-refractivity contribution in [3.8, 4) is 0 Å². The van der Waals surface area contributed by atoms with Crippen LogP contribution in [0.1, 0.15) is 24.2 Å². The van der Waals surface area contributed by atoms with Crippen LogP contribution in [0.5, 0.6) is 0 Å². The third kappa shape index (κ3) is 3.95. The van der Waals surface area contributed by atoms with Gasteiger partial charge in [-0.1, -0.05) is 13.8 Å². The molecule has 2 amide bonds. The minimum absolute atomic E-state index is 0.00400. The summed E-state index contributed by atoms with van der Waals surface area (Å²) in [4.78, 5) is 34.2. The first kappa shape index (κ1) is 16.0. The van der Waals surface area contributed by atoms with E-state index < -0.39 is 24.0 Å². The molecular weight excluding hydrogens is 284 g/mol. The van der Waals surface area contributed by atoms with E-state index in [2.05, 4.69) is 15.4 Å². The number of urea groups is 1. The number of rotatable bonds is 5. The number of carbonyl (C=O) groups excluding carboxylic acids is 2. The number of hydrogen-bond donors (Lipinski definition) is 3. The number of carbonyl (C=O) groups is 3. The molecule has 1 rings (SSSR count). The van der Waals surface area contributed by atoms with Crippen molar-refractivity contribution in [2.45, 2.75) is 19.9 Å². The summed E-state index contributed by atoms with van der Waals surface area (Å²) < 4.78 is 4.60. The number of methoxy groups -OCH3 is 1. The van der Waals surface area contributed by atoms with Gasteiger partial charge in [0.25, 0.3) is 0 Å². The first-order valence-corrected chi connectivity index (χ1v) is 6.71. The van der Waals surface area contributed by atoms with Gasteiger partial charge in [-0.2, -0.15) is 0 Å². The van der Waals surface area contributed by atoms with Crippen molar-refractivity contribution in [1.82, 2.24) is 5.32 Å². The predicted molar refractivity (Wildman–Crippen MR) is 74.1 cm³/mol. The van der Waals surface area contributed by atoms with Gasteiger partial charge in [0.05, 0.1) is 12.7 Å². The van der Waals surface area contributed by atoms with Crippen LogP contribution >= 0.6 is 11.3 Å². The zero-order valence-electron chi connectivity index (χ0n) is 11.3. The number of carboxylic acid groups (broad SMARTS) is 1. The molecule has 0 saturated heterocycles. The zero-order chi connectivity index (χ0) is 15.3. The third-order valence-corrected chi connectivity index (χ3v) is 3.36. The van der Waals surface area contributed by atoms with Gasteiger partial charge in [-0.3, -0.25) is 5.32 Å². The molecule has 1 heterocycles. The maximum absolute atomic E-state index is 11.8. The molecule has 0 saturated carbocycles. The van der Waals surface area contributed by atoms with Crippen molar-refractivity contribution in [3.05, 3.63) is 17.0 Å². The van der Waals surface area contributed by atoms with E-state index in [1.165, 1.54) is 13.2 Å². The number of carboxylic acids is 1. The molecule has 0 radical (unpaired) electrons. The molecule has 110 valence electrons. The molecule has 0 bridgehead atoms. The Morgan fingerprint density at radius 1 is 1.35 bits per heavy atom. The van der Waals surface area contributed by atoms with Gasteiger partial charge in [0.1, 0.15) is 11.0 Å². The molecule has 0 spiro atoms. The van der Waals surface area contributed by atoms with Crippen molar-refractivity contribution in [3.63, 3.8) is 0 Å². The summed E-state index contributed by atoms with van der Waals surface area (Å²) in [5, 5.41) is 15.6. The van der Waals surface area contributed by atoms with Crippen LogP contribution in [-0.2, 0) is 9.53 Å². The van der Waals surface area contributed by atoms with Crippen LogP contribution in [0.2, 0.25) is 0 Å². The van der Waals surface area contributed by atoms with Gasteiger partial charge >= 0.3 is 18.0 Å². The molecule has 0 aliphatic carbocycles. The molecule has 1 atom stereocenters. The predicted octanol–water partition coefficient (Wildman–Crippen LogP) is 1.77. The number of amides is 2. The topological polar surface area (TPSA) is 105 Å². The van der Waals surface area contributed by atoms with Crippen LogP contribution in [0.4, 0.5) is 9.80 Å². The van der Waals surface area contributed by atoms with Gasteiger partial charge in [0.2, 0.25) is 0 Å². The van der Waals surface area contributed by atoms with Crippen molar-refractivity contribution in [1.29, 1.82) is 0 Å². The van der Waals surface area contributed by atoms with Crippen LogP contribution in [0.15, 0.2) is 11.4 Å². The van der Waals surface area contributed by atoms with Crippen molar-refractivity contribution in [2.75, 3.05) is 12.4 Å². The fraction of sp³-hybridized carbons (Fsp3) is 0.417. The minimum Gasteiger partial charge on any atom is -0.478 e. The molecule has 0 unspecified atom stereocenters. The molecule has 0 aromatic carbocycles. The SMILES string of the molecule is COC(=O)[C@@H](NC(=O)Nc1sccc1C(=O)O)C(C)C. The van der Waals surface area contributed by atoms with E-state index in [1.807, 2.05) is 0 Å². The Balaban J connectivity index is 2.73. The molecule has 7 nitrogen and oxygen atoms in total. The lowest BCUT2D eigenvalue weighted by Gasteiger charge is -2.19. The summed E-state index contributed by atoms with van der Waals surface area (Å²) in [5.74, 6) is -1.84. The van der Waals surface area contributed by atoms with Crippen molar-refractivity contribution >= 4 is 34.3 Å². The summed E-state index contributed by atoms with van der Waals surface area (Å²) in [7, 11) is 1.24. The smallest absolute Gasteiger partial charge is 0.338 e. The molecule has 20 heavy (non-hydrogen) atoms. The van der Waals surface area contributed by atoms with Gasteiger partial charge in [0, 0.05) is 0 Å². The quantitative estimate of drug-likeness (QED) is 0.719. The van der Waals surface area contributed by atoms with E-state index in [0.29, 0.717) is 0 Å². The Hall–Kier alpha value is -2.09. The van der Waals surface area contributed by atoms with Crippen LogP contribution in [-0.4, -0.2) is 36.2 Å². The molecule has 0 fully saturated rings. The number of hydrogen-bond acceptors (Lipinski definition) is 5. The van der Waals surface area contributed by atoms with Crippen molar-refractivity contribution in [2.24, 2.45) is 5.92 Å². The summed E-state index contributed by atoms with van der Waals surface area (Å²) in [6, 6.07) is -0.0599. The van der Waals surface area contributed by atoms with Gasteiger partial charge in [0.15, 0.2) is 0 Å². The van der Waals surface area contributed by atoms with Gasteiger partial charge in [-0.05, 0) is 17.4 Å². The van der Waals surface area contributed by atoms with E-state index >= 15 is 0 Å². The highest BCUT2D eigenvalue weighted by Gasteiger charge is 2.25. The molecule has 1 aromatic rings. The van der Waals surface area contributed by atoms with Crippen LogP contribution in [0, 0.1) is 5.92 Å². The van der Waals surface area contributed by atoms with Gasteiger partial charge in [-0.15, -0.1) is 11.3 Å². The summed E-state index contributed by atoms with van der Waals surface area (Å²) in [6.45, 7) is 3.52. The second-order valence-corrected chi connectivity index (χ2v) is 5.23. The fourth-order valence-electron chi connectivity index (χ4n) is 1.48. The molecule has 0 aliphatic rings. The lowest BCUT2D eigenvalue weighted by atomic mass is 10.1. The van der Waals surface area contributed by atoms with Gasteiger partial charge < -0.3 is 15.2 Å². The Kier molecular flexibility index (Phi) is 5.51. The van der Waals surface area contributed by atoms with Crippen LogP contribution < -0.4 is 10.6 Å². The first-order chi connectivity index (χ1) is 9.36. The largest absolute Gasteiger partial charge is 0.478 e.